The van der Waals surface area contributed by atoms with Crippen molar-refractivity contribution < 1.29 is 13.9 Å². The topological polar surface area (TPSA) is 71.7 Å². The van der Waals surface area contributed by atoms with Crippen molar-refractivity contribution >= 4 is 11.9 Å². The Morgan fingerprint density at radius 3 is 3.00 bits per heavy atom. The number of hydrogen-bond acceptors (Lipinski definition) is 6. The number of aromatic nitrogens is 2. The van der Waals surface area contributed by atoms with Gasteiger partial charge in [-0.25, -0.2) is 4.98 Å². The minimum atomic E-state index is 0.0196. The van der Waals surface area contributed by atoms with E-state index in [4.69, 9.17) is 9.15 Å². The van der Waals surface area contributed by atoms with E-state index >= 15 is 0 Å². The summed E-state index contributed by atoms with van der Waals surface area (Å²) in [4.78, 5) is 25.8. The lowest BCUT2D eigenvalue weighted by Gasteiger charge is -2.34. The highest BCUT2D eigenvalue weighted by Gasteiger charge is 2.26. The quantitative estimate of drug-likeness (QED) is 0.776. The van der Waals surface area contributed by atoms with Crippen LogP contribution in [0.1, 0.15) is 41.6 Å². The molecule has 3 rings (SSSR count). The van der Waals surface area contributed by atoms with Crippen molar-refractivity contribution in [1.29, 1.82) is 0 Å². The van der Waals surface area contributed by atoms with Crippen molar-refractivity contribution in [1.82, 2.24) is 14.9 Å². The third kappa shape index (κ3) is 4.40. The largest absolute Gasteiger partial charge is 0.481 e. The molecule has 0 bridgehead atoms. The van der Waals surface area contributed by atoms with Crippen molar-refractivity contribution in [3.8, 4) is 5.88 Å². The molecular formula is C20H28N4O3. The summed E-state index contributed by atoms with van der Waals surface area (Å²) < 4.78 is 10.7. The number of aryl methyl sites for hydroxylation is 2. The maximum absolute atomic E-state index is 12.7. The number of anilines is 1. The Balaban J connectivity index is 1.66. The summed E-state index contributed by atoms with van der Waals surface area (Å²) in [5.41, 5.74) is 1.55. The van der Waals surface area contributed by atoms with E-state index in [0.717, 1.165) is 37.4 Å². The molecule has 1 unspecified atom stereocenters. The van der Waals surface area contributed by atoms with Crippen molar-refractivity contribution in [2.45, 2.75) is 33.1 Å². The number of methoxy groups -OCH3 is 1. The van der Waals surface area contributed by atoms with Crippen LogP contribution in [-0.2, 0) is 6.42 Å². The lowest BCUT2D eigenvalue weighted by Crippen LogP contribution is -2.42. The molecule has 0 N–H and O–H groups in total. The third-order valence-corrected chi connectivity index (χ3v) is 5.01. The molecule has 146 valence electrons. The molecule has 0 aliphatic carbocycles. The summed E-state index contributed by atoms with van der Waals surface area (Å²) >= 11 is 0. The summed E-state index contributed by atoms with van der Waals surface area (Å²) in [6.07, 6.45) is 4.44. The van der Waals surface area contributed by atoms with E-state index in [1.807, 2.05) is 27.0 Å². The molecule has 2 aromatic rings. The number of furan rings is 1. The van der Waals surface area contributed by atoms with Crippen LogP contribution in [0.4, 0.5) is 5.95 Å². The fraction of sp³-hybridized carbons (Fsp3) is 0.550. The second-order valence-electron chi connectivity index (χ2n) is 7.10. The van der Waals surface area contributed by atoms with Crippen molar-refractivity contribution in [3.63, 3.8) is 0 Å². The Morgan fingerprint density at radius 1 is 1.44 bits per heavy atom. The van der Waals surface area contributed by atoms with Gasteiger partial charge < -0.3 is 19.0 Å². The minimum absolute atomic E-state index is 0.0196. The van der Waals surface area contributed by atoms with E-state index in [9.17, 15) is 4.79 Å². The average molecular weight is 372 g/mol. The van der Waals surface area contributed by atoms with E-state index in [1.165, 1.54) is 0 Å². The van der Waals surface area contributed by atoms with Crippen LogP contribution < -0.4 is 9.64 Å². The van der Waals surface area contributed by atoms with Crippen LogP contribution >= 0.6 is 0 Å². The molecule has 0 spiro atoms. The van der Waals surface area contributed by atoms with Gasteiger partial charge in [-0.2, -0.15) is 4.98 Å². The number of piperidine rings is 1. The Hall–Kier alpha value is -2.57. The monoisotopic (exact) mass is 372 g/mol. The second-order valence-corrected chi connectivity index (χ2v) is 7.10. The molecule has 1 atom stereocenters. The molecule has 1 saturated heterocycles. The van der Waals surface area contributed by atoms with Gasteiger partial charge in [-0.05, 0) is 31.7 Å². The zero-order valence-electron chi connectivity index (χ0n) is 16.6. The van der Waals surface area contributed by atoms with E-state index in [-0.39, 0.29) is 5.91 Å². The Bertz CT molecular complexity index is 789. The molecule has 0 aromatic carbocycles. The number of nitrogens with zero attached hydrogens (tertiary/aromatic N) is 4. The first-order valence-electron chi connectivity index (χ1n) is 9.48. The highest BCUT2D eigenvalue weighted by atomic mass is 16.5. The van der Waals surface area contributed by atoms with Gasteiger partial charge in [-0.15, -0.1) is 0 Å². The lowest BCUT2D eigenvalue weighted by atomic mass is 9.97. The third-order valence-electron chi connectivity index (χ3n) is 5.01. The van der Waals surface area contributed by atoms with Gasteiger partial charge in [0.25, 0.3) is 5.91 Å². The molecule has 3 heterocycles. The molecular weight excluding hydrogens is 344 g/mol. The maximum Gasteiger partial charge on any atom is 0.257 e. The van der Waals surface area contributed by atoms with Crippen LogP contribution in [0.15, 0.2) is 22.8 Å². The standard InChI is InChI=1S/C20H28N4O3/c1-5-17-16(8-10-27-17)19(25)23(3)12-15-7-6-9-24(13-15)20-21-14(2)11-18(22-20)26-4/h8,10-11,15H,5-7,9,12-13H2,1-4H3. The molecule has 1 amide bonds. The van der Waals surface area contributed by atoms with E-state index < -0.39 is 0 Å². The number of ether oxygens (including phenoxy) is 1. The van der Waals surface area contributed by atoms with E-state index in [0.29, 0.717) is 36.3 Å². The first-order chi connectivity index (χ1) is 13.0. The SMILES string of the molecule is CCc1occc1C(=O)N(C)CC1CCCN(c2nc(C)cc(OC)n2)C1. The molecule has 1 aliphatic rings. The lowest BCUT2D eigenvalue weighted by molar-refractivity contribution is 0.0765. The van der Waals surface area contributed by atoms with E-state index in [2.05, 4.69) is 14.9 Å². The van der Waals surface area contributed by atoms with Gasteiger partial charge in [-0.3, -0.25) is 4.79 Å². The van der Waals surface area contributed by atoms with Gasteiger partial charge in [0.2, 0.25) is 11.8 Å². The zero-order chi connectivity index (χ0) is 19.4. The number of carbonyl (C=O) groups is 1. The number of hydrogen-bond donors (Lipinski definition) is 0. The number of rotatable bonds is 6. The van der Waals surface area contributed by atoms with Crippen molar-refractivity contribution in [2.24, 2.45) is 5.92 Å². The van der Waals surface area contributed by atoms with Crippen LogP contribution in [0.2, 0.25) is 0 Å². The maximum atomic E-state index is 12.7. The number of amides is 1. The van der Waals surface area contributed by atoms with Crippen LogP contribution in [0.3, 0.4) is 0 Å². The van der Waals surface area contributed by atoms with Crippen LogP contribution in [0, 0.1) is 12.8 Å². The zero-order valence-corrected chi connectivity index (χ0v) is 16.6. The molecule has 2 aromatic heterocycles. The Labute approximate surface area is 160 Å². The number of carbonyl (C=O) groups excluding carboxylic acids is 1. The van der Waals surface area contributed by atoms with Gasteiger partial charge >= 0.3 is 0 Å². The van der Waals surface area contributed by atoms with Gasteiger partial charge in [0.15, 0.2) is 0 Å². The molecule has 27 heavy (non-hydrogen) atoms. The molecule has 7 nitrogen and oxygen atoms in total. The molecule has 0 saturated carbocycles. The van der Waals surface area contributed by atoms with E-state index in [1.54, 1.807) is 24.3 Å². The van der Waals surface area contributed by atoms with Crippen molar-refractivity contribution in [2.75, 3.05) is 38.7 Å². The summed E-state index contributed by atoms with van der Waals surface area (Å²) in [5, 5.41) is 0. The Morgan fingerprint density at radius 2 is 2.26 bits per heavy atom. The van der Waals surface area contributed by atoms with Crippen molar-refractivity contribution in [3.05, 3.63) is 35.4 Å². The summed E-state index contributed by atoms with van der Waals surface area (Å²) in [7, 11) is 3.48. The smallest absolute Gasteiger partial charge is 0.257 e. The van der Waals surface area contributed by atoms with Gasteiger partial charge in [0, 0.05) is 44.9 Å². The normalized spacial score (nSPS) is 17.0. The highest BCUT2D eigenvalue weighted by molar-refractivity contribution is 5.95. The van der Waals surface area contributed by atoms with Gasteiger partial charge in [0.05, 0.1) is 18.9 Å². The summed E-state index contributed by atoms with van der Waals surface area (Å²) in [5.74, 6) is 2.43. The second kappa shape index (κ2) is 8.41. The van der Waals surface area contributed by atoms with Crippen LogP contribution in [0.5, 0.6) is 5.88 Å². The molecule has 7 heteroatoms. The molecule has 0 radical (unpaired) electrons. The molecule has 1 aliphatic heterocycles. The first kappa shape index (κ1) is 19.2. The fourth-order valence-corrected chi connectivity index (χ4v) is 3.65. The van der Waals surface area contributed by atoms with Gasteiger partial charge in [0.1, 0.15) is 5.76 Å². The molecule has 1 fully saturated rings. The predicted octanol–water partition coefficient (Wildman–Crippen LogP) is 2.94. The summed E-state index contributed by atoms with van der Waals surface area (Å²) in [6.45, 7) is 6.38. The van der Waals surface area contributed by atoms with Crippen LogP contribution in [-0.4, -0.2) is 54.6 Å². The Kier molecular flexibility index (Phi) is 5.98. The fourth-order valence-electron chi connectivity index (χ4n) is 3.65. The first-order valence-corrected chi connectivity index (χ1v) is 9.48. The minimum Gasteiger partial charge on any atom is -0.481 e. The predicted molar refractivity (Wildman–Crippen MR) is 103 cm³/mol. The van der Waals surface area contributed by atoms with Crippen LogP contribution in [0.25, 0.3) is 0 Å². The summed E-state index contributed by atoms with van der Waals surface area (Å²) in [6, 6.07) is 3.59. The highest BCUT2D eigenvalue weighted by Crippen LogP contribution is 2.24. The average Bonchev–Trinajstić information content (AvgIpc) is 3.15. The van der Waals surface area contributed by atoms with Gasteiger partial charge in [-0.1, -0.05) is 6.92 Å².